The molecule has 1 amide bonds. The van der Waals surface area contributed by atoms with Gasteiger partial charge in [0.1, 0.15) is 0 Å². The van der Waals surface area contributed by atoms with Gasteiger partial charge in [0, 0.05) is 18.6 Å². The highest BCUT2D eigenvalue weighted by molar-refractivity contribution is 6.42. The zero-order valence-electron chi connectivity index (χ0n) is 13.8. The smallest absolute Gasteiger partial charge is 0.250 e. The molecule has 2 fully saturated rings. The lowest BCUT2D eigenvalue weighted by atomic mass is 9.74. The molecule has 0 radical (unpaired) electrons. The number of halogens is 2. The zero-order valence-corrected chi connectivity index (χ0v) is 15.3. The highest BCUT2D eigenvalue weighted by Crippen LogP contribution is 2.41. The Morgan fingerprint density at radius 3 is 2.83 bits per heavy atom. The molecule has 1 N–H and O–H groups in total. The first kappa shape index (κ1) is 18.0. The minimum absolute atomic E-state index is 0.0799. The van der Waals surface area contributed by atoms with Crippen molar-refractivity contribution in [3.8, 4) is 0 Å². The summed E-state index contributed by atoms with van der Waals surface area (Å²) < 4.78 is 11.8. The van der Waals surface area contributed by atoms with Crippen LogP contribution in [0.4, 0.5) is 0 Å². The summed E-state index contributed by atoms with van der Waals surface area (Å²) >= 11 is 12.3. The van der Waals surface area contributed by atoms with Crippen LogP contribution >= 0.6 is 23.2 Å². The number of carbonyl (C=O) groups excluding carboxylic acids is 1. The van der Waals surface area contributed by atoms with Crippen LogP contribution in [0.25, 0.3) is 0 Å². The molecule has 2 saturated heterocycles. The van der Waals surface area contributed by atoms with Gasteiger partial charge in [-0.05, 0) is 43.4 Å². The van der Waals surface area contributed by atoms with Crippen LogP contribution in [0.3, 0.4) is 0 Å². The summed E-state index contributed by atoms with van der Waals surface area (Å²) in [5.41, 5.74) is 0.541. The maximum atomic E-state index is 12.5. The Morgan fingerprint density at radius 2 is 2.17 bits per heavy atom. The van der Waals surface area contributed by atoms with Gasteiger partial charge in [-0.15, -0.1) is 0 Å². The quantitative estimate of drug-likeness (QED) is 0.848. The summed E-state index contributed by atoms with van der Waals surface area (Å²) in [7, 11) is 0. The topological polar surface area (TPSA) is 47.6 Å². The van der Waals surface area contributed by atoms with Crippen molar-refractivity contribution in [2.75, 3.05) is 13.2 Å². The van der Waals surface area contributed by atoms with E-state index >= 15 is 0 Å². The SMILES string of the molecule is CCCC1(c2ccc(Cl)c(Cl)c2)CNC(=O)C1OC1CCCCO1. The predicted octanol–water partition coefficient (Wildman–Crippen LogP) is 4.07. The van der Waals surface area contributed by atoms with E-state index in [4.69, 9.17) is 32.7 Å². The van der Waals surface area contributed by atoms with Crippen molar-refractivity contribution in [3.05, 3.63) is 33.8 Å². The molecule has 1 aromatic carbocycles. The van der Waals surface area contributed by atoms with Crippen LogP contribution in [0.1, 0.15) is 44.6 Å². The fourth-order valence-corrected chi connectivity index (χ4v) is 4.01. The van der Waals surface area contributed by atoms with Crippen LogP contribution in [0.2, 0.25) is 10.0 Å². The Hall–Kier alpha value is -0.810. The monoisotopic (exact) mass is 371 g/mol. The van der Waals surface area contributed by atoms with E-state index < -0.39 is 11.5 Å². The second-order valence-electron chi connectivity index (χ2n) is 6.57. The first-order chi connectivity index (χ1) is 11.6. The van der Waals surface area contributed by atoms with E-state index in [1.54, 1.807) is 6.07 Å². The van der Waals surface area contributed by atoms with Gasteiger partial charge < -0.3 is 14.8 Å². The fourth-order valence-electron chi connectivity index (χ4n) is 3.71. The summed E-state index contributed by atoms with van der Waals surface area (Å²) in [6.07, 6.45) is 3.80. The third-order valence-electron chi connectivity index (χ3n) is 4.93. The van der Waals surface area contributed by atoms with Gasteiger partial charge in [-0.1, -0.05) is 42.6 Å². The molecule has 2 aliphatic rings. The highest BCUT2D eigenvalue weighted by Gasteiger charge is 2.51. The summed E-state index contributed by atoms with van der Waals surface area (Å²) in [5, 5.41) is 3.98. The lowest BCUT2D eigenvalue weighted by molar-refractivity contribution is -0.198. The van der Waals surface area contributed by atoms with Crippen molar-refractivity contribution in [2.24, 2.45) is 0 Å². The van der Waals surface area contributed by atoms with Gasteiger partial charge in [-0.25, -0.2) is 0 Å². The molecule has 2 aliphatic heterocycles. The lowest BCUT2D eigenvalue weighted by Crippen LogP contribution is -2.45. The number of hydrogen-bond acceptors (Lipinski definition) is 3. The molecular weight excluding hydrogens is 349 g/mol. The minimum atomic E-state index is -0.571. The Labute approximate surface area is 152 Å². The summed E-state index contributed by atoms with van der Waals surface area (Å²) in [5.74, 6) is -0.0799. The largest absolute Gasteiger partial charge is 0.353 e. The molecule has 0 aliphatic carbocycles. The Bertz CT molecular complexity index is 604. The fraction of sp³-hybridized carbons (Fsp3) is 0.611. The first-order valence-electron chi connectivity index (χ1n) is 8.57. The third-order valence-corrected chi connectivity index (χ3v) is 5.67. The average molecular weight is 372 g/mol. The molecular formula is C18H23Cl2NO3. The van der Waals surface area contributed by atoms with Gasteiger partial charge in [-0.2, -0.15) is 0 Å². The molecule has 0 spiro atoms. The number of rotatable bonds is 5. The van der Waals surface area contributed by atoms with Gasteiger partial charge in [0.2, 0.25) is 5.91 Å². The molecule has 3 atom stereocenters. The Balaban J connectivity index is 1.93. The highest BCUT2D eigenvalue weighted by atomic mass is 35.5. The number of ether oxygens (including phenoxy) is 2. The van der Waals surface area contributed by atoms with E-state index in [0.717, 1.165) is 37.7 Å². The van der Waals surface area contributed by atoms with Gasteiger partial charge in [0.25, 0.3) is 0 Å². The van der Waals surface area contributed by atoms with Crippen molar-refractivity contribution in [1.82, 2.24) is 5.32 Å². The van der Waals surface area contributed by atoms with Crippen LogP contribution in [-0.4, -0.2) is 31.5 Å². The van der Waals surface area contributed by atoms with E-state index in [-0.39, 0.29) is 12.2 Å². The van der Waals surface area contributed by atoms with Crippen LogP contribution < -0.4 is 5.32 Å². The predicted molar refractivity (Wildman–Crippen MR) is 94.5 cm³/mol. The van der Waals surface area contributed by atoms with Crippen LogP contribution in [0.5, 0.6) is 0 Å². The van der Waals surface area contributed by atoms with E-state index in [2.05, 4.69) is 12.2 Å². The minimum Gasteiger partial charge on any atom is -0.353 e. The molecule has 3 rings (SSSR count). The van der Waals surface area contributed by atoms with Crippen LogP contribution in [0.15, 0.2) is 18.2 Å². The standard InChI is InChI=1S/C18H23Cl2NO3/c1-2-8-18(12-6-7-13(19)14(20)10-12)11-21-17(22)16(18)24-15-5-3-4-9-23-15/h6-7,10,15-16H,2-5,8-9,11H2,1H3,(H,21,22). The molecule has 2 heterocycles. The average Bonchev–Trinajstić information content (AvgIpc) is 2.89. The number of nitrogens with one attached hydrogen (secondary N) is 1. The molecule has 0 saturated carbocycles. The third kappa shape index (κ3) is 3.43. The molecule has 1 aromatic rings. The zero-order chi connectivity index (χ0) is 17.2. The van der Waals surface area contributed by atoms with Crippen LogP contribution in [0, 0.1) is 0 Å². The van der Waals surface area contributed by atoms with Gasteiger partial charge in [-0.3, -0.25) is 4.79 Å². The Morgan fingerprint density at radius 1 is 1.33 bits per heavy atom. The lowest BCUT2D eigenvalue weighted by Gasteiger charge is -2.36. The summed E-state index contributed by atoms with van der Waals surface area (Å²) in [6, 6.07) is 5.59. The molecule has 132 valence electrons. The maximum absolute atomic E-state index is 12.5. The first-order valence-corrected chi connectivity index (χ1v) is 9.33. The Kier molecular flexibility index (Phi) is 5.70. The molecule has 3 unspecified atom stereocenters. The van der Waals surface area contributed by atoms with E-state index in [1.807, 2.05) is 12.1 Å². The normalized spacial score (nSPS) is 30.4. The molecule has 4 nitrogen and oxygen atoms in total. The summed E-state index contributed by atoms with van der Waals surface area (Å²) in [6.45, 7) is 3.33. The van der Waals surface area contributed by atoms with Crippen molar-refractivity contribution < 1.29 is 14.3 Å². The number of hydrogen-bond donors (Lipinski definition) is 1. The van der Waals surface area contributed by atoms with Gasteiger partial charge >= 0.3 is 0 Å². The van der Waals surface area contributed by atoms with Crippen molar-refractivity contribution in [3.63, 3.8) is 0 Å². The molecule has 0 bridgehead atoms. The summed E-state index contributed by atoms with van der Waals surface area (Å²) in [4.78, 5) is 12.5. The molecule has 6 heteroatoms. The second-order valence-corrected chi connectivity index (χ2v) is 7.38. The number of amides is 1. The van der Waals surface area contributed by atoms with Crippen molar-refractivity contribution in [2.45, 2.75) is 56.8 Å². The van der Waals surface area contributed by atoms with E-state index in [0.29, 0.717) is 23.2 Å². The molecule has 24 heavy (non-hydrogen) atoms. The van der Waals surface area contributed by atoms with Gasteiger partial charge in [0.05, 0.1) is 10.0 Å². The number of carbonyl (C=O) groups is 1. The van der Waals surface area contributed by atoms with E-state index in [9.17, 15) is 4.79 Å². The maximum Gasteiger partial charge on any atom is 0.250 e. The van der Waals surface area contributed by atoms with Gasteiger partial charge in [0.15, 0.2) is 12.4 Å². The van der Waals surface area contributed by atoms with Crippen molar-refractivity contribution >= 4 is 29.1 Å². The van der Waals surface area contributed by atoms with E-state index in [1.165, 1.54) is 0 Å². The van der Waals surface area contributed by atoms with Crippen molar-refractivity contribution in [1.29, 1.82) is 0 Å². The van der Waals surface area contributed by atoms with Crippen LogP contribution in [-0.2, 0) is 19.7 Å². The number of benzene rings is 1. The second kappa shape index (κ2) is 7.61. The molecule has 0 aromatic heterocycles.